The minimum atomic E-state index is -0.594. The molecule has 0 saturated heterocycles. The van der Waals surface area contributed by atoms with Crippen LogP contribution in [0.25, 0.3) is 0 Å². The number of ether oxygens (including phenoxy) is 1. The van der Waals surface area contributed by atoms with Gasteiger partial charge in [0.25, 0.3) is 0 Å². The number of para-hydroxylation sites is 1. The SMILES string of the molecule is Cn1nc(C(C)(C)C)cc1NC(=O)Nc1ccc(Oc2ccccc2)cc1F. The zero-order valence-corrected chi connectivity index (χ0v) is 16.3. The van der Waals surface area contributed by atoms with Crippen molar-refractivity contribution in [3.63, 3.8) is 0 Å². The summed E-state index contributed by atoms with van der Waals surface area (Å²) in [5.41, 5.74) is 0.754. The lowest BCUT2D eigenvalue weighted by molar-refractivity contribution is 0.262. The number of halogens is 1. The lowest BCUT2D eigenvalue weighted by Gasteiger charge is -2.13. The second kappa shape index (κ2) is 7.72. The molecular weight excluding hydrogens is 359 g/mol. The number of nitrogens with zero attached hydrogens (tertiary/aromatic N) is 2. The summed E-state index contributed by atoms with van der Waals surface area (Å²) in [6, 6.07) is 14.6. The number of nitrogens with one attached hydrogen (secondary N) is 2. The first kappa shape index (κ1) is 19.4. The van der Waals surface area contributed by atoms with E-state index in [1.165, 1.54) is 12.1 Å². The van der Waals surface area contributed by atoms with Crippen molar-refractivity contribution in [3.05, 3.63) is 66.1 Å². The molecule has 2 N–H and O–H groups in total. The monoisotopic (exact) mass is 382 g/mol. The molecule has 0 radical (unpaired) electrons. The molecule has 0 bridgehead atoms. The van der Waals surface area contributed by atoms with Gasteiger partial charge in [-0.25, -0.2) is 9.18 Å². The molecule has 0 aliphatic heterocycles. The number of hydrogen-bond donors (Lipinski definition) is 2. The summed E-state index contributed by atoms with van der Waals surface area (Å²) in [5.74, 6) is 0.873. The van der Waals surface area contributed by atoms with Gasteiger partial charge in [0.05, 0.1) is 11.4 Å². The fraction of sp³-hybridized carbons (Fsp3) is 0.238. The Balaban J connectivity index is 1.67. The van der Waals surface area contributed by atoms with Gasteiger partial charge in [0.1, 0.15) is 23.1 Å². The Kier molecular flexibility index (Phi) is 5.35. The van der Waals surface area contributed by atoms with Gasteiger partial charge in [-0.1, -0.05) is 39.0 Å². The Morgan fingerprint density at radius 1 is 1.04 bits per heavy atom. The van der Waals surface area contributed by atoms with Crippen LogP contribution in [0.2, 0.25) is 0 Å². The highest BCUT2D eigenvalue weighted by atomic mass is 19.1. The zero-order valence-electron chi connectivity index (χ0n) is 16.3. The molecule has 0 saturated carbocycles. The summed E-state index contributed by atoms with van der Waals surface area (Å²) >= 11 is 0. The van der Waals surface area contributed by atoms with E-state index >= 15 is 0 Å². The molecule has 3 aromatic rings. The molecule has 1 aromatic heterocycles. The number of benzene rings is 2. The first-order chi connectivity index (χ1) is 13.2. The van der Waals surface area contributed by atoms with E-state index in [0.29, 0.717) is 17.3 Å². The molecule has 6 nitrogen and oxygen atoms in total. The molecule has 1 heterocycles. The van der Waals surface area contributed by atoms with Crippen LogP contribution in [-0.2, 0) is 12.5 Å². The predicted octanol–water partition coefficient (Wildman–Crippen LogP) is 5.29. The number of rotatable bonds is 4. The van der Waals surface area contributed by atoms with Crippen molar-refractivity contribution in [1.82, 2.24) is 9.78 Å². The minimum Gasteiger partial charge on any atom is -0.457 e. The quantitative estimate of drug-likeness (QED) is 0.644. The fourth-order valence-electron chi connectivity index (χ4n) is 2.51. The van der Waals surface area contributed by atoms with E-state index < -0.39 is 11.8 Å². The second-order valence-electron chi connectivity index (χ2n) is 7.42. The molecule has 0 aliphatic carbocycles. The first-order valence-electron chi connectivity index (χ1n) is 8.87. The summed E-state index contributed by atoms with van der Waals surface area (Å²) in [6.45, 7) is 6.11. The van der Waals surface area contributed by atoms with Gasteiger partial charge < -0.3 is 10.1 Å². The Morgan fingerprint density at radius 3 is 2.36 bits per heavy atom. The maximum atomic E-state index is 14.4. The average Bonchev–Trinajstić information content (AvgIpc) is 2.99. The van der Waals surface area contributed by atoms with Crippen molar-refractivity contribution < 1.29 is 13.9 Å². The van der Waals surface area contributed by atoms with Crippen LogP contribution in [0.1, 0.15) is 26.5 Å². The highest BCUT2D eigenvalue weighted by Gasteiger charge is 2.20. The number of aryl methyl sites for hydroxylation is 1. The molecule has 0 atom stereocenters. The second-order valence-corrected chi connectivity index (χ2v) is 7.42. The summed E-state index contributed by atoms with van der Waals surface area (Å²) < 4.78 is 21.5. The van der Waals surface area contributed by atoms with Gasteiger partial charge in [0, 0.05) is 24.6 Å². The van der Waals surface area contributed by atoms with Gasteiger partial charge in [-0.2, -0.15) is 5.10 Å². The Hall–Kier alpha value is -3.35. The van der Waals surface area contributed by atoms with Crippen LogP contribution >= 0.6 is 0 Å². The topological polar surface area (TPSA) is 68.2 Å². The highest BCUT2D eigenvalue weighted by Crippen LogP contribution is 2.26. The molecule has 0 fully saturated rings. The number of hydrogen-bond acceptors (Lipinski definition) is 3. The standard InChI is InChI=1S/C21H23FN4O2/c1-21(2,3)18-13-19(26(4)25-18)24-20(27)23-17-11-10-15(12-16(17)22)28-14-8-6-5-7-9-14/h5-13H,1-4H3,(H2,23,24,27). The summed E-state index contributed by atoms with van der Waals surface area (Å²) in [4.78, 5) is 12.3. The largest absolute Gasteiger partial charge is 0.457 e. The molecule has 146 valence electrons. The van der Waals surface area contributed by atoms with Gasteiger partial charge in [0.2, 0.25) is 0 Å². The first-order valence-corrected chi connectivity index (χ1v) is 8.87. The molecule has 2 amide bonds. The molecule has 0 aliphatic rings. The number of anilines is 2. The number of carbonyl (C=O) groups is 1. The van der Waals surface area contributed by atoms with Crippen LogP contribution in [0.15, 0.2) is 54.6 Å². The van der Waals surface area contributed by atoms with Crippen molar-refractivity contribution in [2.24, 2.45) is 7.05 Å². The number of amides is 2. The van der Waals surface area contributed by atoms with Gasteiger partial charge in [-0.05, 0) is 24.3 Å². The van der Waals surface area contributed by atoms with Gasteiger partial charge in [-0.3, -0.25) is 10.00 Å². The van der Waals surface area contributed by atoms with Gasteiger partial charge in [0.15, 0.2) is 0 Å². The normalized spacial score (nSPS) is 11.2. The van der Waals surface area contributed by atoms with Gasteiger partial charge >= 0.3 is 6.03 Å². The molecule has 28 heavy (non-hydrogen) atoms. The maximum Gasteiger partial charge on any atom is 0.324 e. The van der Waals surface area contributed by atoms with E-state index in [0.717, 1.165) is 5.69 Å². The van der Waals surface area contributed by atoms with E-state index in [9.17, 15) is 9.18 Å². The summed E-state index contributed by atoms with van der Waals surface area (Å²) in [5, 5.41) is 9.58. The Morgan fingerprint density at radius 2 is 1.75 bits per heavy atom. The minimum absolute atomic E-state index is 0.0520. The number of urea groups is 1. The zero-order chi connectivity index (χ0) is 20.3. The van der Waals surface area contributed by atoms with E-state index in [1.807, 2.05) is 39.0 Å². The molecule has 0 spiro atoms. The van der Waals surface area contributed by atoms with Crippen LogP contribution in [0.3, 0.4) is 0 Å². The molecule has 0 unspecified atom stereocenters. The van der Waals surface area contributed by atoms with Crippen molar-refractivity contribution in [2.75, 3.05) is 10.6 Å². The van der Waals surface area contributed by atoms with Crippen molar-refractivity contribution in [1.29, 1.82) is 0 Å². The third-order valence-corrected chi connectivity index (χ3v) is 4.06. The third kappa shape index (κ3) is 4.68. The number of carbonyl (C=O) groups excluding carboxylic acids is 1. The van der Waals surface area contributed by atoms with E-state index in [1.54, 1.807) is 36.0 Å². The van der Waals surface area contributed by atoms with Crippen molar-refractivity contribution >= 4 is 17.5 Å². The van der Waals surface area contributed by atoms with Gasteiger partial charge in [-0.15, -0.1) is 0 Å². The van der Waals surface area contributed by atoms with Crippen LogP contribution in [0.5, 0.6) is 11.5 Å². The lowest BCUT2D eigenvalue weighted by atomic mass is 9.92. The molecular formula is C21H23FN4O2. The van der Waals surface area contributed by atoms with Crippen LogP contribution < -0.4 is 15.4 Å². The Labute approximate surface area is 163 Å². The third-order valence-electron chi connectivity index (χ3n) is 4.06. The predicted molar refractivity (Wildman–Crippen MR) is 107 cm³/mol. The molecule has 7 heteroatoms. The number of aromatic nitrogens is 2. The van der Waals surface area contributed by atoms with E-state index in [2.05, 4.69) is 15.7 Å². The highest BCUT2D eigenvalue weighted by molar-refractivity contribution is 5.99. The van der Waals surface area contributed by atoms with Crippen molar-refractivity contribution in [3.8, 4) is 11.5 Å². The van der Waals surface area contributed by atoms with Crippen LogP contribution in [0, 0.1) is 5.82 Å². The average molecular weight is 382 g/mol. The molecule has 2 aromatic carbocycles. The van der Waals surface area contributed by atoms with Crippen LogP contribution in [0.4, 0.5) is 20.7 Å². The fourth-order valence-corrected chi connectivity index (χ4v) is 2.51. The van der Waals surface area contributed by atoms with Crippen LogP contribution in [-0.4, -0.2) is 15.8 Å². The van der Waals surface area contributed by atoms with Crippen molar-refractivity contribution in [2.45, 2.75) is 26.2 Å². The maximum absolute atomic E-state index is 14.4. The summed E-state index contributed by atoms with van der Waals surface area (Å²) in [6.07, 6.45) is 0. The molecule has 3 rings (SSSR count). The smallest absolute Gasteiger partial charge is 0.324 e. The van der Waals surface area contributed by atoms with E-state index in [4.69, 9.17) is 4.74 Å². The lowest BCUT2D eigenvalue weighted by Crippen LogP contribution is -2.21. The summed E-state index contributed by atoms with van der Waals surface area (Å²) in [7, 11) is 1.74. The Bertz CT molecular complexity index is 978. The van der Waals surface area contributed by atoms with E-state index in [-0.39, 0.29) is 11.1 Å².